The molecule has 0 fully saturated rings. The lowest BCUT2D eigenvalue weighted by atomic mass is 9.91. The van der Waals surface area contributed by atoms with E-state index in [2.05, 4.69) is 24.9 Å². The lowest BCUT2D eigenvalue weighted by molar-refractivity contribution is 0.415. The molecule has 0 saturated carbocycles. The molecule has 3 aromatic rings. The molecule has 0 bridgehead atoms. The van der Waals surface area contributed by atoms with Crippen molar-refractivity contribution in [3.8, 4) is 16.9 Å². The van der Waals surface area contributed by atoms with Gasteiger partial charge in [0.2, 0.25) is 0 Å². The minimum absolute atomic E-state index is 0.752. The maximum absolute atomic E-state index is 6.21. The molecule has 3 heteroatoms. The molecule has 106 valence electrons. The van der Waals surface area contributed by atoms with Crippen molar-refractivity contribution in [1.82, 2.24) is 4.98 Å². The van der Waals surface area contributed by atoms with Gasteiger partial charge in [-0.25, -0.2) is 0 Å². The minimum Gasteiger partial charge on any atom is -0.497 e. The number of nitrogens with two attached hydrogens (primary N) is 1. The van der Waals surface area contributed by atoms with Crippen LogP contribution in [0.4, 0.5) is 5.69 Å². The zero-order valence-electron chi connectivity index (χ0n) is 12.5. The summed E-state index contributed by atoms with van der Waals surface area (Å²) in [6.45, 7) is 4.24. The van der Waals surface area contributed by atoms with Gasteiger partial charge in [0.1, 0.15) is 5.75 Å². The summed E-state index contributed by atoms with van der Waals surface area (Å²) < 4.78 is 5.35. The second-order valence-electron chi connectivity index (χ2n) is 5.24. The molecule has 0 aliphatic carbocycles. The van der Waals surface area contributed by atoms with E-state index in [1.54, 1.807) is 7.11 Å². The van der Waals surface area contributed by atoms with Crippen LogP contribution in [-0.2, 0) is 0 Å². The van der Waals surface area contributed by atoms with E-state index in [0.717, 1.165) is 33.3 Å². The van der Waals surface area contributed by atoms with Crippen molar-refractivity contribution in [2.24, 2.45) is 0 Å². The maximum atomic E-state index is 6.21. The number of fused-ring (bicyclic) bond motifs is 1. The molecule has 0 atom stereocenters. The van der Waals surface area contributed by atoms with E-state index in [-0.39, 0.29) is 0 Å². The molecule has 0 aliphatic heterocycles. The fourth-order valence-electron chi connectivity index (χ4n) is 2.72. The second-order valence-corrected chi connectivity index (χ2v) is 5.24. The molecule has 1 aromatic heterocycles. The van der Waals surface area contributed by atoms with Crippen LogP contribution in [0, 0.1) is 13.8 Å². The number of methoxy groups -OCH3 is 1. The third kappa shape index (κ3) is 2.21. The third-order valence-corrected chi connectivity index (χ3v) is 3.99. The third-order valence-electron chi connectivity index (χ3n) is 3.99. The van der Waals surface area contributed by atoms with Crippen LogP contribution in [-0.4, -0.2) is 12.1 Å². The molecule has 0 spiro atoms. The molecule has 3 rings (SSSR count). The average molecular weight is 278 g/mol. The van der Waals surface area contributed by atoms with Gasteiger partial charge in [0.05, 0.1) is 7.11 Å². The Morgan fingerprint density at radius 1 is 1.10 bits per heavy atom. The molecule has 1 heterocycles. The van der Waals surface area contributed by atoms with Crippen molar-refractivity contribution in [2.45, 2.75) is 13.8 Å². The van der Waals surface area contributed by atoms with Crippen LogP contribution in [0.2, 0.25) is 0 Å². The van der Waals surface area contributed by atoms with Crippen LogP contribution >= 0.6 is 0 Å². The SMILES string of the molecule is COc1ccc(N)c(-c2c(C)c(C)cc3cnccc23)c1. The van der Waals surface area contributed by atoms with Crippen LogP contribution in [0.1, 0.15) is 11.1 Å². The van der Waals surface area contributed by atoms with Crippen LogP contribution < -0.4 is 10.5 Å². The Bertz CT molecular complexity index is 825. The Hall–Kier alpha value is -2.55. The van der Waals surface area contributed by atoms with E-state index in [9.17, 15) is 0 Å². The number of pyridine rings is 1. The van der Waals surface area contributed by atoms with Gasteiger partial charge in [-0.1, -0.05) is 0 Å². The van der Waals surface area contributed by atoms with Crippen LogP contribution in [0.3, 0.4) is 0 Å². The zero-order valence-corrected chi connectivity index (χ0v) is 12.5. The number of benzene rings is 2. The Balaban J connectivity index is 2.41. The Morgan fingerprint density at radius 3 is 2.67 bits per heavy atom. The average Bonchev–Trinajstić information content (AvgIpc) is 2.50. The molecular weight excluding hydrogens is 260 g/mol. The first kappa shape index (κ1) is 13.4. The summed E-state index contributed by atoms with van der Waals surface area (Å²) in [7, 11) is 1.67. The summed E-state index contributed by atoms with van der Waals surface area (Å²) >= 11 is 0. The van der Waals surface area contributed by atoms with Crippen molar-refractivity contribution in [3.05, 3.63) is 53.9 Å². The van der Waals surface area contributed by atoms with E-state index in [0.29, 0.717) is 0 Å². The van der Waals surface area contributed by atoms with Crippen molar-refractivity contribution in [1.29, 1.82) is 0 Å². The summed E-state index contributed by atoms with van der Waals surface area (Å²) in [6.07, 6.45) is 3.71. The van der Waals surface area contributed by atoms with Gasteiger partial charge in [0.15, 0.2) is 0 Å². The Kier molecular flexibility index (Phi) is 3.26. The van der Waals surface area contributed by atoms with Gasteiger partial charge >= 0.3 is 0 Å². The first-order valence-corrected chi connectivity index (χ1v) is 6.89. The zero-order chi connectivity index (χ0) is 15.0. The van der Waals surface area contributed by atoms with Crippen LogP contribution in [0.25, 0.3) is 21.9 Å². The lowest BCUT2D eigenvalue weighted by Crippen LogP contribution is -1.96. The maximum Gasteiger partial charge on any atom is 0.119 e. The number of aromatic nitrogens is 1. The van der Waals surface area contributed by atoms with Gasteiger partial charge in [-0.05, 0) is 66.3 Å². The standard InChI is InChI=1S/C18H18N2O/c1-11-8-13-10-20-7-6-15(13)18(12(11)2)16-9-14(21-3)4-5-17(16)19/h4-10H,19H2,1-3H3. The van der Waals surface area contributed by atoms with Crippen molar-refractivity contribution in [3.63, 3.8) is 0 Å². The van der Waals surface area contributed by atoms with Gasteiger partial charge in [-0.2, -0.15) is 0 Å². The topological polar surface area (TPSA) is 48.1 Å². The van der Waals surface area contributed by atoms with E-state index in [1.807, 2.05) is 36.7 Å². The van der Waals surface area contributed by atoms with Gasteiger partial charge < -0.3 is 10.5 Å². The monoisotopic (exact) mass is 278 g/mol. The number of nitrogen functional groups attached to an aromatic ring is 1. The molecule has 2 N–H and O–H groups in total. The molecule has 2 aromatic carbocycles. The Labute approximate surface area is 124 Å². The number of aryl methyl sites for hydroxylation is 1. The van der Waals surface area contributed by atoms with Crippen molar-refractivity contribution >= 4 is 16.5 Å². The quantitative estimate of drug-likeness (QED) is 0.718. The highest BCUT2D eigenvalue weighted by molar-refractivity contribution is 6.01. The largest absolute Gasteiger partial charge is 0.497 e. The van der Waals surface area contributed by atoms with Gasteiger partial charge in [0, 0.05) is 29.0 Å². The normalized spacial score (nSPS) is 10.8. The van der Waals surface area contributed by atoms with E-state index in [1.165, 1.54) is 11.1 Å². The highest BCUT2D eigenvalue weighted by Crippen LogP contribution is 2.38. The summed E-state index contributed by atoms with van der Waals surface area (Å²) in [5.41, 5.74) is 11.6. The van der Waals surface area contributed by atoms with Gasteiger partial charge in [-0.3, -0.25) is 4.98 Å². The molecular formula is C18H18N2O. The summed E-state index contributed by atoms with van der Waals surface area (Å²) in [5, 5.41) is 2.28. The van der Waals surface area contributed by atoms with E-state index >= 15 is 0 Å². The molecule has 0 amide bonds. The fourth-order valence-corrected chi connectivity index (χ4v) is 2.72. The summed E-state index contributed by atoms with van der Waals surface area (Å²) in [6, 6.07) is 9.97. The molecule has 0 saturated heterocycles. The highest BCUT2D eigenvalue weighted by atomic mass is 16.5. The number of hydrogen-bond donors (Lipinski definition) is 1. The minimum atomic E-state index is 0.752. The predicted molar refractivity (Wildman–Crippen MR) is 87.6 cm³/mol. The molecule has 0 radical (unpaired) electrons. The predicted octanol–water partition coefficient (Wildman–Crippen LogP) is 4.11. The molecule has 21 heavy (non-hydrogen) atoms. The smallest absolute Gasteiger partial charge is 0.119 e. The molecule has 0 unspecified atom stereocenters. The number of nitrogens with zero attached hydrogens (tertiary/aromatic N) is 1. The first-order chi connectivity index (χ1) is 10.1. The summed E-state index contributed by atoms with van der Waals surface area (Å²) in [4.78, 5) is 4.22. The fraction of sp³-hybridized carbons (Fsp3) is 0.167. The first-order valence-electron chi connectivity index (χ1n) is 6.89. The summed E-state index contributed by atoms with van der Waals surface area (Å²) in [5.74, 6) is 0.808. The van der Waals surface area contributed by atoms with Crippen LogP contribution in [0.5, 0.6) is 5.75 Å². The van der Waals surface area contributed by atoms with Crippen LogP contribution in [0.15, 0.2) is 42.7 Å². The Morgan fingerprint density at radius 2 is 1.90 bits per heavy atom. The van der Waals surface area contributed by atoms with Crippen molar-refractivity contribution in [2.75, 3.05) is 12.8 Å². The van der Waals surface area contributed by atoms with Gasteiger partial charge in [-0.15, -0.1) is 0 Å². The van der Waals surface area contributed by atoms with Gasteiger partial charge in [0.25, 0.3) is 0 Å². The number of anilines is 1. The number of rotatable bonds is 2. The second kappa shape index (κ2) is 5.09. The van der Waals surface area contributed by atoms with E-state index in [4.69, 9.17) is 10.5 Å². The molecule has 0 aliphatic rings. The molecule has 3 nitrogen and oxygen atoms in total. The highest BCUT2D eigenvalue weighted by Gasteiger charge is 2.13. The lowest BCUT2D eigenvalue weighted by Gasteiger charge is -2.16. The number of ether oxygens (including phenoxy) is 1. The van der Waals surface area contributed by atoms with Crippen molar-refractivity contribution < 1.29 is 4.74 Å². The number of hydrogen-bond acceptors (Lipinski definition) is 3. The van der Waals surface area contributed by atoms with E-state index < -0.39 is 0 Å².